The van der Waals surface area contributed by atoms with Gasteiger partial charge in [-0.25, -0.2) is 0 Å². The molecule has 0 saturated carbocycles. The van der Waals surface area contributed by atoms with E-state index in [1.807, 2.05) is 52.0 Å². The van der Waals surface area contributed by atoms with E-state index >= 15 is 0 Å². The highest BCUT2D eigenvalue weighted by atomic mass is 16.6. The summed E-state index contributed by atoms with van der Waals surface area (Å²) in [5, 5.41) is 9.31. The Morgan fingerprint density at radius 1 is 1.05 bits per heavy atom. The number of aliphatic hydroxyl groups is 1. The molecule has 3 atom stereocenters. The minimum atomic E-state index is -0.707. The molecule has 1 aromatic rings. The van der Waals surface area contributed by atoms with Gasteiger partial charge in [-0.05, 0) is 38.8 Å². The molecule has 0 aliphatic carbocycles. The van der Waals surface area contributed by atoms with Gasteiger partial charge in [0, 0.05) is 0 Å². The van der Waals surface area contributed by atoms with Crippen molar-refractivity contribution in [1.29, 1.82) is 0 Å². The Hall–Kier alpha value is -1.10. The molecule has 0 aliphatic heterocycles. The molecule has 0 saturated heterocycles. The van der Waals surface area contributed by atoms with Gasteiger partial charge >= 0.3 is 0 Å². The zero-order chi connectivity index (χ0) is 15.0. The van der Waals surface area contributed by atoms with Crippen LogP contribution in [0.4, 0.5) is 0 Å². The zero-order valence-electron chi connectivity index (χ0n) is 12.8. The van der Waals surface area contributed by atoms with E-state index in [0.29, 0.717) is 19.6 Å². The summed E-state index contributed by atoms with van der Waals surface area (Å²) in [6.45, 7) is 8.65. The Bertz CT molecular complexity index is 380. The molecule has 114 valence electrons. The van der Waals surface area contributed by atoms with E-state index in [2.05, 4.69) is 0 Å². The van der Waals surface area contributed by atoms with Gasteiger partial charge in [-0.2, -0.15) is 0 Å². The van der Waals surface area contributed by atoms with E-state index in [9.17, 15) is 5.11 Å². The van der Waals surface area contributed by atoms with Gasteiger partial charge in [0.1, 0.15) is 11.9 Å². The third kappa shape index (κ3) is 6.37. The molecule has 1 N–H and O–H groups in total. The average molecular weight is 282 g/mol. The van der Waals surface area contributed by atoms with Crippen molar-refractivity contribution in [2.24, 2.45) is 0 Å². The van der Waals surface area contributed by atoms with Gasteiger partial charge in [-0.15, -0.1) is 0 Å². The predicted octanol–water partition coefficient (Wildman–Crippen LogP) is 2.91. The minimum Gasteiger partial charge on any atom is -0.488 e. The fraction of sp³-hybridized carbons (Fsp3) is 0.625. The smallest absolute Gasteiger partial charge is 0.154 e. The molecule has 0 fully saturated rings. The first-order valence-corrected chi connectivity index (χ1v) is 7.16. The van der Waals surface area contributed by atoms with E-state index in [0.717, 1.165) is 11.3 Å². The molecule has 1 aromatic carbocycles. The Balaban J connectivity index is 2.26. The number of aliphatic hydroxyl groups excluding tert-OH is 1. The van der Waals surface area contributed by atoms with Crippen molar-refractivity contribution in [3.8, 4) is 5.75 Å². The maximum absolute atomic E-state index is 9.31. The van der Waals surface area contributed by atoms with Crippen LogP contribution in [0.2, 0.25) is 0 Å². The van der Waals surface area contributed by atoms with Gasteiger partial charge in [0.25, 0.3) is 0 Å². The van der Waals surface area contributed by atoms with Gasteiger partial charge in [0.15, 0.2) is 6.29 Å². The standard InChI is InChI=1S/C16H26O4/c1-5-16(17)19-10-13(3)18-11-14(4)20-15-9-7-6-8-12(15)2/h6-9,13-14,16-17H,5,10-11H2,1-4H3. The first-order chi connectivity index (χ1) is 9.52. The summed E-state index contributed by atoms with van der Waals surface area (Å²) in [4.78, 5) is 0. The normalized spacial score (nSPS) is 15.7. The van der Waals surface area contributed by atoms with Crippen molar-refractivity contribution in [2.75, 3.05) is 13.2 Å². The maximum Gasteiger partial charge on any atom is 0.154 e. The van der Waals surface area contributed by atoms with Gasteiger partial charge < -0.3 is 19.3 Å². The molecular formula is C16H26O4. The molecule has 20 heavy (non-hydrogen) atoms. The number of ether oxygens (including phenoxy) is 3. The van der Waals surface area contributed by atoms with E-state index < -0.39 is 6.29 Å². The van der Waals surface area contributed by atoms with Crippen LogP contribution in [0.5, 0.6) is 5.75 Å². The molecule has 0 aromatic heterocycles. The molecule has 1 rings (SSSR count). The Labute approximate surface area is 121 Å². The van der Waals surface area contributed by atoms with E-state index in [1.54, 1.807) is 0 Å². The molecule has 4 heteroatoms. The largest absolute Gasteiger partial charge is 0.488 e. The van der Waals surface area contributed by atoms with Crippen LogP contribution in [0, 0.1) is 6.92 Å². The Morgan fingerprint density at radius 3 is 2.35 bits per heavy atom. The molecule has 0 heterocycles. The Kier molecular flexibility index (Phi) is 7.59. The summed E-state index contributed by atoms with van der Waals surface area (Å²) >= 11 is 0. The van der Waals surface area contributed by atoms with Gasteiger partial charge in [0.05, 0.1) is 19.3 Å². The second-order valence-electron chi connectivity index (χ2n) is 5.03. The zero-order valence-corrected chi connectivity index (χ0v) is 12.8. The number of aryl methyl sites for hydroxylation is 1. The first kappa shape index (κ1) is 17.0. The maximum atomic E-state index is 9.31. The molecule has 0 radical (unpaired) electrons. The molecule has 4 nitrogen and oxygen atoms in total. The number of hydrogen-bond acceptors (Lipinski definition) is 4. The minimum absolute atomic E-state index is 0.0327. The number of hydrogen-bond donors (Lipinski definition) is 1. The predicted molar refractivity (Wildman–Crippen MR) is 78.9 cm³/mol. The lowest BCUT2D eigenvalue weighted by molar-refractivity contribution is -0.132. The average Bonchev–Trinajstić information content (AvgIpc) is 2.45. The van der Waals surface area contributed by atoms with Crippen molar-refractivity contribution in [2.45, 2.75) is 52.6 Å². The summed E-state index contributed by atoms with van der Waals surface area (Å²) in [5.74, 6) is 0.883. The van der Waals surface area contributed by atoms with Crippen molar-refractivity contribution in [3.05, 3.63) is 29.8 Å². The SMILES string of the molecule is CCC(O)OCC(C)OCC(C)Oc1ccccc1C. The lowest BCUT2D eigenvalue weighted by Crippen LogP contribution is -2.27. The quantitative estimate of drug-likeness (QED) is 0.707. The summed E-state index contributed by atoms with van der Waals surface area (Å²) in [7, 11) is 0. The highest BCUT2D eigenvalue weighted by Crippen LogP contribution is 2.17. The van der Waals surface area contributed by atoms with Crippen LogP contribution in [-0.2, 0) is 9.47 Å². The van der Waals surface area contributed by atoms with E-state index in [4.69, 9.17) is 14.2 Å². The third-order valence-corrected chi connectivity index (χ3v) is 2.91. The highest BCUT2D eigenvalue weighted by Gasteiger charge is 2.11. The van der Waals surface area contributed by atoms with Crippen molar-refractivity contribution in [1.82, 2.24) is 0 Å². The fourth-order valence-corrected chi connectivity index (χ4v) is 1.65. The summed E-state index contributed by atoms with van der Waals surface area (Å²) < 4.78 is 16.7. The van der Waals surface area contributed by atoms with Crippen LogP contribution in [0.15, 0.2) is 24.3 Å². The van der Waals surface area contributed by atoms with Crippen LogP contribution in [0.1, 0.15) is 32.8 Å². The van der Waals surface area contributed by atoms with Crippen molar-refractivity contribution in [3.63, 3.8) is 0 Å². The molecule has 0 spiro atoms. The Morgan fingerprint density at radius 2 is 1.70 bits per heavy atom. The molecule has 3 unspecified atom stereocenters. The van der Waals surface area contributed by atoms with Crippen molar-refractivity contribution < 1.29 is 19.3 Å². The summed E-state index contributed by atoms with van der Waals surface area (Å²) in [6.07, 6.45) is -0.227. The first-order valence-electron chi connectivity index (χ1n) is 7.16. The van der Waals surface area contributed by atoms with Gasteiger partial charge in [-0.1, -0.05) is 25.1 Å². The summed E-state index contributed by atoms with van der Waals surface area (Å²) in [6, 6.07) is 7.92. The van der Waals surface area contributed by atoms with Crippen LogP contribution >= 0.6 is 0 Å². The van der Waals surface area contributed by atoms with Crippen LogP contribution in [0.25, 0.3) is 0 Å². The van der Waals surface area contributed by atoms with Crippen LogP contribution < -0.4 is 4.74 Å². The van der Waals surface area contributed by atoms with Gasteiger partial charge in [-0.3, -0.25) is 0 Å². The second kappa shape index (κ2) is 8.95. The second-order valence-corrected chi connectivity index (χ2v) is 5.03. The fourth-order valence-electron chi connectivity index (χ4n) is 1.65. The van der Waals surface area contributed by atoms with Crippen molar-refractivity contribution >= 4 is 0 Å². The number of para-hydroxylation sites is 1. The monoisotopic (exact) mass is 282 g/mol. The molecular weight excluding hydrogens is 256 g/mol. The number of rotatable bonds is 9. The lowest BCUT2D eigenvalue weighted by atomic mass is 10.2. The third-order valence-electron chi connectivity index (χ3n) is 2.91. The van der Waals surface area contributed by atoms with E-state index in [1.165, 1.54) is 0 Å². The summed E-state index contributed by atoms with van der Waals surface area (Å²) in [5.41, 5.74) is 1.11. The van der Waals surface area contributed by atoms with Crippen LogP contribution in [-0.4, -0.2) is 36.8 Å². The highest BCUT2D eigenvalue weighted by molar-refractivity contribution is 5.31. The topological polar surface area (TPSA) is 47.9 Å². The number of benzene rings is 1. The van der Waals surface area contributed by atoms with Gasteiger partial charge in [0.2, 0.25) is 0 Å². The van der Waals surface area contributed by atoms with Crippen LogP contribution in [0.3, 0.4) is 0 Å². The molecule has 0 aliphatic rings. The molecule has 0 amide bonds. The van der Waals surface area contributed by atoms with E-state index in [-0.39, 0.29) is 12.2 Å². The molecule has 0 bridgehead atoms. The lowest BCUT2D eigenvalue weighted by Gasteiger charge is -2.20.